The van der Waals surface area contributed by atoms with E-state index in [0.717, 1.165) is 0 Å². The van der Waals surface area contributed by atoms with Crippen molar-refractivity contribution >= 4 is 38.1 Å². The van der Waals surface area contributed by atoms with E-state index >= 15 is 0 Å². The molecule has 0 fully saturated rings. The van der Waals surface area contributed by atoms with Crippen LogP contribution in [0.25, 0.3) is 10.8 Å². The molecule has 158 valence electrons. The summed E-state index contributed by atoms with van der Waals surface area (Å²) in [6, 6.07) is 10.1. The fourth-order valence-electron chi connectivity index (χ4n) is 3.99. The lowest BCUT2D eigenvalue weighted by Gasteiger charge is -2.22. The van der Waals surface area contributed by atoms with Gasteiger partial charge < -0.3 is 10.1 Å². The number of methoxy groups -OCH3 is 1. The number of sulfonamides is 1. The molecule has 31 heavy (non-hydrogen) atoms. The predicted molar refractivity (Wildman–Crippen MR) is 117 cm³/mol. The standard InChI is InChI=1S/C22H20N4O4S/c1-13-12-24-22(30-3)17-5-4-6-20(21(13)17)31(28,29)26-8-7-16-18(25-14(2)27)9-15(11-23)10-19(16)26/h4-6,9-10,12H,7-8H2,1-3H3,(H,25,27). The van der Waals surface area contributed by atoms with Crippen LogP contribution < -0.4 is 14.4 Å². The van der Waals surface area contributed by atoms with E-state index in [1.165, 1.54) is 18.3 Å². The third-order valence-corrected chi connectivity index (χ3v) is 7.14. The average Bonchev–Trinajstić information content (AvgIpc) is 3.18. The number of amides is 1. The molecule has 1 aliphatic heterocycles. The number of anilines is 2. The minimum absolute atomic E-state index is 0.138. The minimum Gasteiger partial charge on any atom is -0.481 e. The molecule has 0 saturated heterocycles. The Morgan fingerprint density at radius 1 is 1.32 bits per heavy atom. The van der Waals surface area contributed by atoms with Crippen LogP contribution in [0.15, 0.2) is 41.4 Å². The summed E-state index contributed by atoms with van der Waals surface area (Å²) >= 11 is 0. The first kappa shape index (κ1) is 20.6. The maximum atomic E-state index is 13.8. The Hall–Kier alpha value is -3.64. The van der Waals surface area contributed by atoms with Crippen LogP contribution in [0, 0.1) is 18.3 Å². The molecule has 0 spiro atoms. The summed E-state index contributed by atoms with van der Waals surface area (Å²) in [5.41, 5.74) is 2.52. The number of hydrogen-bond donors (Lipinski definition) is 1. The first-order chi connectivity index (χ1) is 14.8. The highest BCUT2D eigenvalue weighted by Crippen LogP contribution is 2.40. The molecule has 0 radical (unpaired) electrons. The van der Waals surface area contributed by atoms with Gasteiger partial charge in [0.2, 0.25) is 11.8 Å². The zero-order valence-corrected chi connectivity index (χ0v) is 18.1. The van der Waals surface area contributed by atoms with Gasteiger partial charge in [0.1, 0.15) is 0 Å². The Morgan fingerprint density at radius 3 is 2.77 bits per heavy atom. The Labute approximate surface area is 180 Å². The first-order valence-electron chi connectivity index (χ1n) is 9.57. The fraction of sp³-hybridized carbons (Fsp3) is 0.227. The lowest BCUT2D eigenvalue weighted by atomic mass is 10.1. The molecule has 0 atom stereocenters. The van der Waals surface area contributed by atoms with E-state index in [4.69, 9.17) is 4.74 Å². The Balaban J connectivity index is 1.93. The van der Waals surface area contributed by atoms with Crippen molar-refractivity contribution in [1.29, 1.82) is 5.26 Å². The third kappa shape index (κ3) is 3.35. The van der Waals surface area contributed by atoms with E-state index in [1.807, 2.05) is 6.07 Å². The van der Waals surface area contributed by atoms with Gasteiger partial charge >= 0.3 is 0 Å². The van der Waals surface area contributed by atoms with Gasteiger partial charge in [-0.25, -0.2) is 13.4 Å². The van der Waals surface area contributed by atoms with Crippen molar-refractivity contribution in [3.8, 4) is 11.9 Å². The van der Waals surface area contributed by atoms with Crippen molar-refractivity contribution < 1.29 is 17.9 Å². The summed E-state index contributed by atoms with van der Waals surface area (Å²) in [6.07, 6.45) is 2.01. The van der Waals surface area contributed by atoms with Crippen LogP contribution >= 0.6 is 0 Å². The number of aromatic nitrogens is 1. The summed E-state index contributed by atoms with van der Waals surface area (Å²) in [5.74, 6) is 0.0575. The zero-order chi connectivity index (χ0) is 22.3. The molecule has 4 rings (SSSR count). The highest BCUT2D eigenvalue weighted by molar-refractivity contribution is 7.93. The largest absolute Gasteiger partial charge is 0.481 e. The lowest BCUT2D eigenvalue weighted by Crippen LogP contribution is -2.29. The predicted octanol–water partition coefficient (Wildman–Crippen LogP) is 3.13. The SMILES string of the molecule is COc1ncc(C)c2c(S(=O)(=O)N3CCc4c(NC(C)=O)cc(C#N)cc43)cccc12. The number of nitrogens with zero attached hydrogens (tertiary/aromatic N) is 3. The van der Waals surface area contributed by atoms with E-state index in [0.29, 0.717) is 45.6 Å². The van der Waals surface area contributed by atoms with Crippen molar-refractivity contribution in [3.05, 3.63) is 53.2 Å². The summed E-state index contributed by atoms with van der Waals surface area (Å²) in [4.78, 5) is 16.0. The number of aryl methyl sites for hydroxylation is 1. The molecule has 1 N–H and O–H groups in total. The molecule has 1 aliphatic rings. The molecule has 1 amide bonds. The van der Waals surface area contributed by atoms with Crippen LogP contribution in [-0.2, 0) is 21.2 Å². The Bertz CT molecular complexity index is 1380. The Morgan fingerprint density at radius 2 is 2.10 bits per heavy atom. The number of nitriles is 1. The van der Waals surface area contributed by atoms with Gasteiger partial charge in [-0.1, -0.05) is 6.07 Å². The summed E-state index contributed by atoms with van der Waals surface area (Å²) in [6.45, 7) is 3.38. The van der Waals surface area contributed by atoms with Gasteiger partial charge in [0.25, 0.3) is 10.0 Å². The topological polar surface area (TPSA) is 112 Å². The molecule has 9 heteroatoms. The molecule has 1 aromatic heterocycles. The lowest BCUT2D eigenvalue weighted by molar-refractivity contribution is -0.114. The zero-order valence-electron chi connectivity index (χ0n) is 17.3. The van der Waals surface area contributed by atoms with E-state index in [1.54, 1.807) is 43.5 Å². The summed E-state index contributed by atoms with van der Waals surface area (Å²) in [7, 11) is -2.48. The van der Waals surface area contributed by atoms with Gasteiger partial charge in [-0.05, 0) is 43.2 Å². The van der Waals surface area contributed by atoms with Crippen molar-refractivity contribution in [1.82, 2.24) is 4.98 Å². The molecule has 3 aromatic rings. The van der Waals surface area contributed by atoms with Gasteiger partial charge in [-0.3, -0.25) is 9.10 Å². The smallest absolute Gasteiger partial charge is 0.264 e. The number of hydrogen-bond acceptors (Lipinski definition) is 6. The van der Waals surface area contributed by atoms with Gasteiger partial charge in [-0.15, -0.1) is 0 Å². The van der Waals surface area contributed by atoms with E-state index in [9.17, 15) is 18.5 Å². The van der Waals surface area contributed by atoms with Gasteiger partial charge in [-0.2, -0.15) is 5.26 Å². The number of rotatable bonds is 4. The van der Waals surface area contributed by atoms with Gasteiger partial charge in [0.15, 0.2) is 0 Å². The first-order valence-corrected chi connectivity index (χ1v) is 11.0. The van der Waals surface area contributed by atoms with Crippen LogP contribution in [0.3, 0.4) is 0 Å². The van der Waals surface area contributed by atoms with E-state index in [-0.39, 0.29) is 22.9 Å². The van der Waals surface area contributed by atoms with Crippen molar-refractivity contribution in [2.45, 2.75) is 25.2 Å². The normalized spacial score (nSPS) is 13.0. The Kier molecular flexibility index (Phi) is 5.03. The highest BCUT2D eigenvalue weighted by atomic mass is 32.2. The summed E-state index contributed by atoms with van der Waals surface area (Å²) < 4.78 is 34.2. The molecule has 0 unspecified atom stereocenters. The maximum absolute atomic E-state index is 13.8. The number of benzene rings is 2. The van der Waals surface area contributed by atoms with Gasteiger partial charge in [0.05, 0.1) is 29.3 Å². The molecule has 0 saturated carbocycles. The monoisotopic (exact) mass is 436 g/mol. The number of nitrogens with one attached hydrogen (secondary N) is 1. The van der Waals surface area contributed by atoms with E-state index < -0.39 is 10.0 Å². The molecular formula is C22H20N4O4S. The highest BCUT2D eigenvalue weighted by Gasteiger charge is 2.34. The summed E-state index contributed by atoms with van der Waals surface area (Å²) in [5, 5.41) is 13.3. The van der Waals surface area contributed by atoms with Crippen LogP contribution in [0.5, 0.6) is 5.88 Å². The van der Waals surface area contributed by atoms with Gasteiger partial charge in [0, 0.05) is 41.7 Å². The fourth-order valence-corrected chi connectivity index (χ4v) is 5.76. The third-order valence-electron chi connectivity index (χ3n) is 5.29. The average molecular weight is 436 g/mol. The molecule has 8 nitrogen and oxygen atoms in total. The molecule has 0 aliphatic carbocycles. The maximum Gasteiger partial charge on any atom is 0.264 e. The minimum atomic E-state index is -3.97. The quantitative estimate of drug-likeness (QED) is 0.672. The number of pyridine rings is 1. The second kappa shape index (κ2) is 7.56. The van der Waals surface area contributed by atoms with Crippen molar-refractivity contribution in [2.75, 3.05) is 23.3 Å². The van der Waals surface area contributed by atoms with E-state index in [2.05, 4.69) is 10.3 Å². The second-order valence-electron chi connectivity index (χ2n) is 7.27. The van der Waals surface area contributed by atoms with Crippen molar-refractivity contribution in [2.24, 2.45) is 0 Å². The number of ether oxygens (including phenoxy) is 1. The van der Waals surface area contributed by atoms with Crippen LogP contribution in [-0.4, -0.2) is 33.0 Å². The number of carbonyl (C=O) groups excluding carboxylic acids is 1. The number of fused-ring (bicyclic) bond motifs is 2. The molecular weight excluding hydrogens is 416 g/mol. The van der Waals surface area contributed by atoms with Crippen LogP contribution in [0.4, 0.5) is 11.4 Å². The molecule has 0 bridgehead atoms. The van der Waals surface area contributed by atoms with Crippen molar-refractivity contribution in [3.63, 3.8) is 0 Å². The molecule has 2 heterocycles. The van der Waals surface area contributed by atoms with Crippen LogP contribution in [0.1, 0.15) is 23.6 Å². The number of carbonyl (C=O) groups is 1. The second-order valence-corrected chi connectivity index (χ2v) is 9.10. The van der Waals surface area contributed by atoms with Crippen LogP contribution in [0.2, 0.25) is 0 Å². The molecule has 2 aromatic carbocycles.